The molecule has 0 amide bonds. The monoisotopic (exact) mass is 109 g/mol. The lowest BCUT2D eigenvalue weighted by Gasteiger charge is -1.78. The van der Waals surface area contributed by atoms with E-state index in [-0.39, 0.29) is 0 Å². The fraction of sp³-hybridized carbons (Fsp3) is 0.167. The van der Waals surface area contributed by atoms with Gasteiger partial charge in [0.2, 0.25) is 6.08 Å². The lowest BCUT2D eigenvalue weighted by molar-refractivity contribution is 0.565. The van der Waals surface area contributed by atoms with E-state index in [2.05, 4.69) is 11.6 Å². The van der Waals surface area contributed by atoms with Crippen molar-refractivity contribution in [3.8, 4) is 0 Å². The van der Waals surface area contributed by atoms with E-state index in [1.165, 1.54) is 12.3 Å². The molecule has 0 fully saturated rings. The van der Waals surface area contributed by atoms with E-state index in [9.17, 15) is 4.79 Å². The van der Waals surface area contributed by atoms with E-state index in [1.807, 2.05) is 0 Å². The van der Waals surface area contributed by atoms with Crippen molar-refractivity contribution in [2.75, 3.05) is 0 Å². The molecule has 2 heteroatoms. The van der Waals surface area contributed by atoms with Gasteiger partial charge in [-0.3, -0.25) is 0 Å². The van der Waals surface area contributed by atoms with Crippen molar-refractivity contribution in [1.82, 2.24) is 0 Å². The minimum absolute atomic E-state index is 0.855. The van der Waals surface area contributed by atoms with Crippen molar-refractivity contribution in [2.45, 2.75) is 6.92 Å². The van der Waals surface area contributed by atoms with Gasteiger partial charge >= 0.3 is 0 Å². The summed E-state index contributed by atoms with van der Waals surface area (Å²) >= 11 is 0. The Morgan fingerprint density at radius 3 is 2.88 bits per heavy atom. The van der Waals surface area contributed by atoms with E-state index in [0.717, 1.165) is 5.57 Å². The normalized spacial score (nSPS) is 9.88. The number of hydrogen-bond acceptors (Lipinski definition) is 2. The van der Waals surface area contributed by atoms with Crippen LogP contribution in [0.15, 0.2) is 29.4 Å². The van der Waals surface area contributed by atoms with Crippen LogP contribution in [0, 0.1) is 0 Å². The quantitative estimate of drug-likeness (QED) is 0.299. The molecular formula is C6H7NO. The molecule has 8 heavy (non-hydrogen) atoms. The minimum atomic E-state index is 0.855. The molecule has 0 aliphatic heterocycles. The van der Waals surface area contributed by atoms with E-state index >= 15 is 0 Å². The number of aliphatic imine (C=N–C) groups is 1. The summed E-state index contributed by atoms with van der Waals surface area (Å²) in [6.45, 7) is 5.25. The first kappa shape index (κ1) is 6.86. The highest BCUT2D eigenvalue weighted by Crippen LogP contribution is 1.90. The first-order chi connectivity index (χ1) is 3.81. The number of nitrogens with zero attached hydrogens (tertiary/aromatic N) is 1. The molecule has 0 radical (unpaired) electrons. The third-order valence-corrected chi connectivity index (χ3v) is 0.643. The van der Waals surface area contributed by atoms with Crippen LogP contribution >= 0.6 is 0 Å². The van der Waals surface area contributed by atoms with Crippen molar-refractivity contribution in [3.63, 3.8) is 0 Å². The first-order valence-corrected chi connectivity index (χ1v) is 2.17. The molecule has 42 valence electrons. The number of hydrogen-bond donors (Lipinski definition) is 0. The zero-order chi connectivity index (χ0) is 6.41. The Morgan fingerprint density at radius 2 is 2.50 bits per heavy atom. The molecule has 2 nitrogen and oxygen atoms in total. The molecule has 0 aliphatic carbocycles. The lowest BCUT2D eigenvalue weighted by Crippen LogP contribution is -1.60. The van der Waals surface area contributed by atoms with E-state index in [0.29, 0.717) is 0 Å². The van der Waals surface area contributed by atoms with Crippen LogP contribution in [-0.2, 0) is 4.79 Å². The van der Waals surface area contributed by atoms with E-state index in [1.54, 1.807) is 13.0 Å². The zero-order valence-electron chi connectivity index (χ0n) is 4.72. The predicted octanol–water partition coefficient (Wildman–Crippen LogP) is 1.41. The van der Waals surface area contributed by atoms with Crippen LogP contribution in [-0.4, -0.2) is 6.08 Å². The molecule has 0 atom stereocenters. The maximum absolute atomic E-state index is 9.45. The highest BCUT2D eigenvalue weighted by molar-refractivity contribution is 5.35. The van der Waals surface area contributed by atoms with Gasteiger partial charge in [-0.1, -0.05) is 12.7 Å². The van der Waals surface area contributed by atoms with Crippen molar-refractivity contribution in [3.05, 3.63) is 24.4 Å². The maximum atomic E-state index is 9.45. The fourth-order valence-corrected chi connectivity index (χ4v) is 0.181. The lowest BCUT2D eigenvalue weighted by atomic mass is 10.3. The molecule has 0 saturated carbocycles. The van der Waals surface area contributed by atoms with Crippen LogP contribution in [0.3, 0.4) is 0 Å². The summed E-state index contributed by atoms with van der Waals surface area (Å²) in [5.41, 5.74) is 0.855. The number of carbonyl (C=O) groups excluding carboxylic acids is 1. The summed E-state index contributed by atoms with van der Waals surface area (Å²) in [6, 6.07) is 0. The van der Waals surface area contributed by atoms with Gasteiger partial charge in [-0.2, -0.15) is 4.99 Å². The number of rotatable bonds is 2. The second-order valence-corrected chi connectivity index (χ2v) is 1.30. The van der Waals surface area contributed by atoms with Gasteiger partial charge in [0.05, 0.1) is 0 Å². The van der Waals surface area contributed by atoms with E-state index in [4.69, 9.17) is 0 Å². The summed E-state index contributed by atoms with van der Waals surface area (Å²) in [7, 11) is 0. The molecule has 0 unspecified atom stereocenters. The highest BCUT2D eigenvalue weighted by Gasteiger charge is 1.71. The second kappa shape index (κ2) is 4.03. The summed E-state index contributed by atoms with van der Waals surface area (Å²) in [5, 5.41) is 0. The summed E-state index contributed by atoms with van der Waals surface area (Å²) < 4.78 is 0. The standard InChI is InChI=1S/C6H7NO/c1-3-6(2)4-7-5-8/h3-4H,1H2,2H3. The van der Waals surface area contributed by atoms with Gasteiger partial charge in [-0.25, -0.2) is 4.79 Å². The van der Waals surface area contributed by atoms with Crippen molar-refractivity contribution in [1.29, 1.82) is 0 Å². The fourth-order valence-electron chi connectivity index (χ4n) is 0.181. The Morgan fingerprint density at radius 1 is 1.88 bits per heavy atom. The predicted molar refractivity (Wildman–Crippen MR) is 32.1 cm³/mol. The average molecular weight is 109 g/mol. The SMILES string of the molecule is C=CC(C)=CN=C=O. The molecule has 0 rings (SSSR count). The second-order valence-electron chi connectivity index (χ2n) is 1.30. The Hall–Kier alpha value is -1.14. The Balaban J connectivity index is 3.93. The molecule has 0 bridgehead atoms. The Bertz CT molecular complexity index is 152. The van der Waals surface area contributed by atoms with Gasteiger partial charge in [0.15, 0.2) is 0 Å². The van der Waals surface area contributed by atoms with Crippen molar-refractivity contribution < 1.29 is 4.79 Å². The summed E-state index contributed by atoms with van der Waals surface area (Å²) in [6.07, 6.45) is 4.40. The largest absolute Gasteiger partial charge is 0.239 e. The molecule has 0 heterocycles. The molecule has 0 N–H and O–H groups in total. The molecule has 0 aliphatic rings. The smallest absolute Gasteiger partial charge is 0.211 e. The third kappa shape index (κ3) is 3.07. The van der Waals surface area contributed by atoms with Gasteiger partial charge in [0.1, 0.15) is 0 Å². The molecule has 0 aromatic carbocycles. The number of isocyanates is 1. The van der Waals surface area contributed by atoms with Gasteiger partial charge in [-0.15, -0.1) is 0 Å². The van der Waals surface area contributed by atoms with Crippen LogP contribution in [0.25, 0.3) is 0 Å². The van der Waals surface area contributed by atoms with Crippen molar-refractivity contribution in [2.24, 2.45) is 4.99 Å². The zero-order valence-corrected chi connectivity index (χ0v) is 4.72. The molecule has 0 saturated heterocycles. The van der Waals surface area contributed by atoms with Crippen LogP contribution in [0.2, 0.25) is 0 Å². The van der Waals surface area contributed by atoms with E-state index < -0.39 is 0 Å². The molecule has 0 aromatic rings. The van der Waals surface area contributed by atoms with Crippen LogP contribution < -0.4 is 0 Å². The molecule has 0 aromatic heterocycles. The summed E-state index contributed by atoms with van der Waals surface area (Å²) in [4.78, 5) is 12.7. The van der Waals surface area contributed by atoms with Gasteiger partial charge < -0.3 is 0 Å². The topological polar surface area (TPSA) is 29.4 Å². The molecule has 0 spiro atoms. The van der Waals surface area contributed by atoms with Crippen LogP contribution in [0.5, 0.6) is 0 Å². The maximum Gasteiger partial charge on any atom is 0.239 e. The van der Waals surface area contributed by atoms with Gasteiger partial charge in [0, 0.05) is 6.20 Å². The third-order valence-electron chi connectivity index (χ3n) is 0.643. The summed E-state index contributed by atoms with van der Waals surface area (Å²) in [5.74, 6) is 0. The van der Waals surface area contributed by atoms with Crippen molar-refractivity contribution >= 4 is 6.08 Å². The minimum Gasteiger partial charge on any atom is -0.211 e. The average Bonchev–Trinajstić information content (AvgIpc) is 1.83. The molecular weight excluding hydrogens is 102 g/mol. The Kier molecular flexibility index (Phi) is 3.46. The van der Waals surface area contributed by atoms with Crippen LogP contribution in [0.1, 0.15) is 6.92 Å². The van der Waals surface area contributed by atoms with Crippen LogP contribution in [0.4, 0.5) is 0 Å². The first-order valence-electron chi connectivity index (χ1n) is 2.17. The van der Waals surface area contributed by atoms with Gasteiger partial charge in [0.25, 0.3) is 0 Å². The highest BCUT2D eigenvalue weighted by atomic mass is 16.1. The number of allylic oxidation sites excluding steroid dienone is 2. The van der Waals surface area contributed by atoms with Gasteiger partial charge in [-0.05, 0) is 12.5 Å². The Labute approximate surface area is 48.2 Å².